The summed E-state index contributed by atoms with van der Waals surface area (Å²) in [6.45, 7) is 7.48. The summed E-state index contributed by atoms with van der Waals surface area (Å²) < 4.78 is 0. The summed E-state index contributed by atoms with van der Waals surface area (Å²) in [6.07, 6.45) is 2.14. The molecule has 0 rings (SSSR count). The molecule has 0 heterocycles. The lowest BCUT2D eigenvalue weighted by Gasteiger charge is -2.21. The molecule has 0 aromatic rings. The molecule has 0 aromatic carbocycles. The summed E-state index contributed by atoms with van der Waals surface area (Å²) in [7, 11) is 0. The highest BCUT2D eigenvalue weighted by Crippen LogP contribution is 1.90. The predicted octanol–water partition coefficient (Wildman–Crippen LogP) is 0.690. The highest BCUT2D eigenvalue weighted by Gasteiger charge is 2.02. The van der Waals surface area contributed by atoms with Gasteiger partial charge in [0.2, 0.25) is 0 Å². The molecule has 0 aliphatic carbocycles. The fourth-order valence-electron chi connectivity index (χ4n) is 1.45. The molecule has 3 nitrogen and oxygen atoms in total. The minimum atomic E-state index is 0.906. The third-order valence-electron chi connectivity index (χ3n) is 2.40. The van der Waals surface area contributed by atoms with Crippen molar-refractivity contribution in [2.45, 2.75) is 0 Å². The van der Waals surface area contributed by atoms with Crippen molar-refractivity contribution in [3.8, 4) is 0 Å². The van der Waals surface area contributed by atoms with Gasteiger partial charge in [-0.2, -0.15) is 37.0 Å². The van der Waals surface area contributed by atoms with Crippen LogP contribution in [0.5, 0.6) is 0 Å². The molecule has 104 valence electrons. The Bertz CT molecular complexity index is 150. The van der Waals surface area contributed by atoms with Crippen molar-refractivity contribution in [2.24, 2.45) is 0 Å². The zero-order chi connectivity index (χ0) is 12.8. The summed E-state index contributed by atoms with van der Waals surface area (Å²) in [4.78, 5) is 2.45. The van der Waals surface area contributed by atoms with Crippen LogP contribution in [0.2, 0.25) is 0 Å². The van der Waals surface area contributed by atoms with Crippen LogP contribution in [0.15, 0.2) is 0 Å². The van der Waals surface area contributed by atoms with Gasteiger partial charge < -0.3 is 15.5 Å². The molecule has 2 N–H and O–H groups in total. The molecule has 6 heteroatoms. The molecule has 0 radical (unpaired) electrons. The molecule has 0 fully saturated rings. The van der Waals surface area contributed by atoms with Crippen LogP contribution >= 0.6 is 37.0 Å². The molecule has 0 unspecified atom stereocenters. The topological polar surface area (TPSA) is 27.3 Å². The van der Waals surface area contributed by atoms with E-state index in [1.165, 1.54) is 5.75 Å². The van der Waals surface area contributed by atoms with E-state index in [-0.39, 0.29) is 0 Å². The second-order valence-electron chi connectivity index (χ2n) is 3.78. The largest absolute Gasteiger partial charge is 0.315 e. The van der Waals surface area contributed by atoms with Crippen molar-refractivity contribution in [1.82, 2.24) is 15.5 Å². The van der Waals surface area contributed by atoms with E-state index in [1.54, 1.807) is 0 Å². The van der Waals surface area contributed by atoms with Crippen LogP contribution in [-0.2, 0) is 0 Å². The Morgan fingerprint density at radius 3 is 2.06 bits per heavy atom. The van der Waals surface area contributed by atoms with E-state index >= 15 is 0 Å². The maximum absolute atomic E-state index is 4.30. The van der Waals surface area contributed by atoms with Gasteiger partial charge in [0.25, 0.3) is 0 Å². The molecule has 0 atom stereocenters. The highest BCUT2D eigenvalue weighted by molar-refractivity contribution is 7.98. The average Bonchev–Trinajstić information content (AvgIpc) is 2.34. The van der Waals surface area contributed by atoms with Gasteiger partial charge in [0.15, 0.2) is 0 Å². The summed E-state index contributed by atoms with van der Waals surface area (Å²) in [5.41, 5.74) is 0. The van der Waals surface area contributed by atoms with E-state index in [0.29, 0.717) is 0 Å². The van der Waals surface area contributed by atoms with Crippen LogP contribution in [0.4, 0.5) is 0 Å². The first kappa shape index (κ1) is 17.9. The van der Waals surface area contributed by atoms with Gasteiger partial charge in [-0.25, -0.2) is 0 Å². The fraction of sp³-hybridized carbons (Fsp3) is 1.00. The molecule has 0 saturated carbocycles. The molecule has 0 aliphatic rings. The first-order valence-corrected chi connectivity index (χ1v) is 8.85. The Morgan fingerprint density at radius 2 is 1.53 bits per heavy atom. The predicted molar refractivity (Wildman–Crippen MR) is 88.3 cm³/mol. The Morgan fingerprint density at radius 1 is 0.882 bits per heavy atom. The Hall–Kier alpha value is 0.930. The van der Waals surface area contributed by atoms with Crippen LogP contribution < -0.4 is 10.6 Å². The van der Waals surface area contributed by atoms with E-state index in [0.717, 1.165) is 57.3 Å². The van der Waals surface area contributed by atoms with Gasteiger partial charge in [0, 0.05) is 63.1 Å². The summed E-state index contributed by atoms with van der Waals surface area (Å²) in [5.74, 6) is 3.02. The van der Waals surface area contributed by atoms with E-state index in [9.17, 15) is 0 Å². The van der Waals surface area contributed by atoms with Crippen molar-refractivity contribution in [2.75, 3.05) is 69.3 Å². The van der Waals surface area contributed by atoms with Crippen molar-refractivity contribution in [1.29, 1.82) is 0 Å². The van der Waals surface area contributed by atoms with Crippen LogP contribution in [0.1, 0.15) is 0 Å². The first-order chi connectivity index (χ1) is 8.35. The number of hydrogen-bond acceptors (Lipinski definition) is 6. The van der Waals surface area contributed by atoms with Gasteiger partial charge in [0.1, 0.15) is 0 Å². The van der Waals surface area contributed by atoms with Crippen LogP contribution in [0, 0.1) is 0 Å². The number of nitrogens with zero attached hydrogens (tertiary/aromatic N) is 1. The van der Waals surface area contributed by atoms with E-state index in [4.69, 9.17) is 0 Å². The lowest BCUT2D eigenvalue weighted by Crippen LogP contribution is -2.38. The zero-order valence-corrected chi connectivity index (χ0v) is 13.4. The van der Waals surface area contributed by atoms with Crippen LogP contribution in [-0.4, -0.2) is 74.2 Å². The lowest BCUT2D eigenvalue weighted by atomic mass is 10.4. The quantitative estimate of drug-likeness (QED) is 0.297. The smallest absolute Gasteiger partial charge is 0.0108 e. The zero-order valence-electron chi connectivity index (χ0n) is 10.8. The van der Waals surface area contributed by atoms with Crippen molar-refractivity contribution >= 4 is 37.0 Å². The monoisotopic (exact) mass is 297 g/mol. The van der Waals surface area contributed by atoms with Gasteiger partial charge in [-0.05, 0) is 6.26 Å². The fourth-order valence-corrected chi connectivity index (χ4v) is 2.24. The highest BCUT2D eigenvalue weighted by atomic mass is 32.2. The van der Waals surface area contributed by atoms with Gasteiger partial charge >= 0.3 is 0 Å². The number of nitrogens with one attached hydrogen (secondary N) is 2. The Kier molecular flexibility index (Phi) is 15.8. The second-order valence-corrected chi connectivity index (χ2v) is 5.66. The standard InChI is InChI=1S/C11H27N3S3/c1-17-11-5-13-3-7-14(8-10-16)6-2-12-4-9-15/h12-13,15-16H,2-11H2,1H3. The van der Waals surface area contributed by atoms with Crippen LogP contribution in [0.3, 0.4) is 0 Å². The molecule has 0 bridgehead atoms. The number of thioether (sulfide) groups is 1. The second kappa shape index (κ2) is 15.0. The molecule has 0 spiro atoms. The molecular formula is C11H27N3S3. The Balaban J connectivity index is 3.45. The summed E-state index contributed by atoms with van der Waals surface area (Å²) in [5, 5.41) is 6.82. The van der Waals surface area contributed by atoms with Gasteiger partial charge in [0.05, 0.1) is 0 Å². The number of hydrogen-bond donors (Lipinski definition) is 4. The minimum Gasteiger partial charge on any atom is -0.315 e. The van der Waals surface area contributed by atoms with Gasteiger partial charge in [-0.3, -0.25) is 0 Å². The molecule has 17 heavy (non-hydrogen) atoms. The van der Waals surface area contributed by atoms with E-state index in [1.807, 2.05) is 11.8 Å². The van der Waals surface area contributed by atoms with Gasteiger partial charge in [-0.15, -0.1) is 0 Å². The van der Waals surface area contributed by atoms with Crippen molar-refractivity contribution < 1.29 is 0 Å². The van der Waals surface area contributed by atoms with Crippen LogP contribution in [0.25, 0.3) is 0 Å². The van der Waals surface area contributed by atoms with Crippen molar-refractivity contribution in [3.05, 3.63) is 0 Å². The van der Waals surface area contributed by atoms with Crippen molar-refractivity contribution in [3.63, 3.8) is 0 Å². The minimum absolute atomic E-state index is 0.906. The number of rotatable bonds is 13. The van der Waals surface area contributed by atoms with E-state index in [2.05, 4.69) is 47.0 Å². The third-order valence-corrected chi connectivity index (χ3v) is 3.43. The molecule has 0 saturated heterocycles. The maximum atomic E-state index is 4.30. The van der Waals surface area contributed by atoms with Gasteiger partial charge in [-0.1, -0.05) is 0 Å². The first-order valence-electron chi connectivity index (χ1n) is 6.19. The third kappa shape index (κ3) is 13.2. The summed E-state index contributed by atoms with van der Waals surface area (Å²) >= 11 is 10.4. The molecule has 0 aromatic heterocycles. The summed E-state index contributed by atoms with van der Waals surface area (Å²) in [6, 6.07) is 0. The maximum Gasteiger partial charge on any atom is 0.0108 e. The normalized spacial score (nSPS) is 11.3. The Labute approximate surface area is 122 Å². The average molecular weight is 298 g/mol. The van der Waals surface area contributed by atoms with E-state index < -0.39 is 0 Å². The molecule has 0 aliphatic heterocycles. The molecular weight excluding hydrogens is 270 g/mol. The lowest BCUT2D eigenvalue weighted by molar-refractivity contribution is 0.290. The SMILES string of the molecule is CSCCNCCN(CCS)CCNCCS. The molecule has 0 amide bonds. The number of thiol groups is 2.